The van der Waals surface area contributed by atoms with Crippen LogP contribution in [0, 0.1) is 6.92 Å². The molecule has 0 radical (unpaired) electrons. The Hall–Kier alpha value is -2.87. The zero-order valence-electron chi connectivity index (χ0n) is 16.0. The average molecular weight is 443 g/mol. The first kappa shape index (κ1) is 20.4. The maximum atomic E-state index is 13.2. The Morgan fingerprint density at radius 1 is 1.07 bits per heavy atom. The van der Waals surface area contributed by atoms with E-state index in [9.17, 15) is 18.3 Å². The van der Waals surface area contributed by atoms with Crippen LogP contribution in [0.15, 0.2) is 71.6 Å². The number of anilines is 1. The number of fused-ring (bicyclic) bond motifs is 1. The molecule has 0 saturated heterocycles. The number of rotatable bonds is 5. The van der Waals surface area contributed by atoms with E-state index in [1.165, 1.54) is 12.1 Å². The van der Waals surface area contributed by atoms with Crippen LogP contribution in [0.4, 0.5) is 5.69 Å². The molecule has 6 nitrogen and oxygen atoms in total. The molecule has 1 atom stereocenters. The van der Waals surface area contributed by atoms with Crippen molar-refractivity contribution in [3.05, 3.63) is 94.0 Å². The molecule has 0 bridgehead atoms. The zero-order valence-corrected chi connectivity index (χ0v) is 17.6. The second kappa shape index (κ2) is 7.43. The number of carboxylic acids is 1. The number of hydrogen-bond acceptors (Lipinski definition) is 4. The Bertz CT molecular complexity index is 1220. The van der Waals surface area contributed by atoms with Gasteiger partial charge in [0.05, 0.1) is 10.5 Å². The van der Waals surface area contributed by atoms with Crippen LogP contribution < -0.4 is 10.0 Å². The smallest absolute Gasteiger partial charge is 0.335 e. The van der Waals surface area contributed by atoms with Crippen molar-refractivity contribution in [2.24, 2.45) is 0 Å². The standard InChI is InChI=1S/C22H19ClN2O4S/c1-14-2-9-19(10-3-14)30(28,29)25-22(17-6-4-15(5-7-17)21(26)27)13-16-12-18(23)8-11-20(16)24-22/h2-12,24-25H,13H2,1H3,(H,26,27). The molecule has 0 saturated carbocycles. The minimum absolute atomic E-state index is 0.119. The number of benzene rings is 3. The number of halogens is 1. The summed E-state index contributed by atoms with van der Waals surface area (Å²) in [7, 11) is -3.88. The lowest BCUT2D eigenvalue weighted by Gasteiger charge is -2.32. The van der Waals surface area contributed by atoms with Gasteiger partial charge in [-0.25, -0.2) is 13.2 Å². The lowest BCUT2D eigenvalue weighted by Crippen LogP contribution is -2.50. The molecule has 154 valence electrons. The molecule has 3 aromatic carbocycles. The molecule has 0 aliphatic carbocycles. The Morgan fingerprint density at radius 2 is 1.73 bits per heavy atom. The van der Waals surface area contributed by atoms with Gasteiger partial charge in [0.25, 0.3) is 0 Å². The van der Waals surface area contributed by atoms with Gasteiger partial charge in [-0.3, -0.25) is 0 Å². The molecule has 1 aliphatic heterocycles. The fraction of sp³-hybridized carbons (Fsp3) is 0.136. The molecule has 30 heavy (non-hydrogen) atoms. The van der Waals surface area contributed by atoms with Gasteiger partial charge < -0.3 is 10.4 Å². The minimum atomic E-state index is -3.88. The SMILES string of the molecule is Cc1ccc(S(=O)(=O)NC2(c3ccc(C(=O)O)cc3)Cc3cc(Cl)ccc3N2)cc1. The molecule has 0 spiro atoms. The predicted octanol–water partition coefficient (Wildman–Crippen LogP) is 4.15. The fourth-order valence-corrected chi connectivity index (χ4v) is 5.09. The lowest BCUT2D eigenvalue weighted by molar-refractivity contribution is 0.0696. The summed E-state index contributed by atoms with van der Waals surface area (Å²) < 4.78 is 29.2. The summed E-state index contributed by atoms with van der Waals surface area (Å²) in [5, 5.41) is 13.0. The number of sulfonamides is 1. The highest BCUT2D eigenvalue weighted by molar-refractivity contribution is 7.89. The molecule has 8 heteroatoms. The summed E-state index contributed by atoms with van der Waals surface area (Å²) in [6.07, 6.45) is 0.306. The van der Waals surface area contributed by atoms with E-state index in [-0.39, 0.29) is 10.5 Å². The first-order valence-electron chi connectivity index (χ1n) is 9.20. The van der Waals surface area contributed by atoms with Crippen LogP contribution in [0.1, 0.15) is 27.0 Å². The van der Waals surface area contributed by atoms with Gasteiger partial charge >= 0.3 is 5.97 Å². The van der Waals surface area contributed by atoms with Gasteiger partial charge in [-0.05, 0) is 60.5 Å². The van der Waals surface area contributed by atoms with Gasteiger partial charge in [0.2, 0.25) is 10.0 Å². The third-order valence-corrected chi connectivity index (χ3v) is 6.88. The number of aryl methyl sites for hydroxylation is 1. The van der Waals surface area contributed by atoms with Crippen LogP contribution in [0.3, 0.4) is 0 Å². The third-order valence-electron chi connectivity index (χ3n) is 5.14. The monoisotopic (exact) mass is 442 g/mol. The number of nitrogens with one attached hydrogen (secondary N) is 2. The number of hydrogen-bond donors (Lipinski definition) is 3. The number of carbonyl (C=O) groups is 1. The van der Waals surface area contributed by atoms with Gasteiger partial charge in [-0.2, -0.15) is 4.72 Å². The van der Waals surface area contributed by atoms with E-state index in [2.05, 4.69) is 10.0 Å². The van der Waals surface area contributed by atoms with E-state index >= 15 is 0 Å². The summed E-state index contributed by atoms with van der Waals surface area (Å²) in [6, 6.07) is 18.0. The van der Waals surface area contributed by atoms with E-state index in [4.69, 9.17) is 11.6 Å². The Labute approximate surface area is 179 Å². The summed E-state index contributed by atoms with van der Waals surface area (Å²) in [4.78, 5) is 11.4. The molecular formula is C22H19ClN2O4S. The second-order valence-electron chi connectivity index (χ2n) is 7.31. The molecule has 4 rings (SSSR count). The third kappa shape index (κ3) is 3.79. The highest BCUT2D eigenvalue weighted by atomic mass is 35.5. The summed E-state index contributed by atoms with van der Waals surface area (Å²) >= 11 is 6.13. The van der Waals surface area contributed by atoms with Crippen molar-refractivity contribution in [2.75, 3.05) is 5.32 Å². The maximum Gasteiger partial charge on any atom is 0.335 e. The molecule has 0 aromatic heterocycles. The van der Waals surface area contributed by atoms with E-state index in [0.717, 1.165) is 16.8 Å². The lowest BCUT2D eigenvalue weighted by atomic mass is 9.95. The van der Waals surface area contributed by atoms with Gasteiger partial charge in [-0.1, -0.05) is 41.4 Å². The number of carboxylic acid groups (broad SMARTS) is 1. The molecule has 3 N–H and O–H groups in total. The number of aromatic carboxylic acids is 1. The van der Waals surface area contributed by atoms with Gasteiger partial charge in [0.15, 0.2) is 0 Å². The van der Waals surface area contributed by atoms with Crippen molar-refractivity contribution in [2.45, 2.75) is 23.9 Å². The second-order valence-corrected chi connectivity index (χ2v) is 9.43. The summed E-state index contributed by atoms with van der Waals surface area (Å²) in [5.41, 5.74) is 2.09. The van der Waals surface area contributed by atoms with E-state index in [1.54, 1.807) is 54.6 Å². The Morgan fingerprint density at radius 3 is 2.37 bits per heavy atom. The highest BCUT2D eigenvalue weighted by Gasteiger charge is 2.42. The first-order chi connectivity index (χ1) is 14.2. The van der Waals surface area contributed by atoms with Crippen LogP contribution in [0.2, 0.25) is 5.02 Å². The fourth-order valence-electron chi connectivity index (χ4n) is 3.59. The van der Waals surface area contributed by atoms with Crippen LogP contribution in [-0.4, -0.2) is 19.5 Å². The summed E-state index contributed by atoms with van der Waals surface area (Å²) in [6.45, 7) is 1.88. The van der Waals surface area contributed by atoms with Crippen LogP contribution in [-0.2, 0) is 22.1 Å². The highest BCUT2D eigenvalue weighted by Crippen LogP contribution is 2.39. The molecule has 1 heterocycles. The largest absolute Gasteiger partial charge is 0.478 e. The van der Waals surface area contributed by atoms with Gasteiger partial charge in [0.1, 0.15) is 5.66 Å². The Kier molecular flexibility index (Phi) is 5.05. The molecule has 0 amide bonds. The van der Waals surface area contributed by atoms with Crippen LogP contribution in [0.5, 0.6) is 0 Å². The minimum Gasteiger partial charge on any atom is -0.478 e. The maximum absolute atomic E-state index is 13.2. The Balaban J connectivity index is 1.79. The molecule has 3 aromatic rings. The molecule has 1 aliphatic rings. The van der Waals surface area contributed by atoms with Crippen molar-refractivity contribution in [3.63, 3.8) is 0 Å². The van der Waals surface area contributed by atoms with Crippen molar-refractivity contribution >= 4 is 33.3 Å². The van der Waals surface area contributed by atoms with E-state index < -0.39 is 21.7 Å². The van der Waals surface area contributed by atoms with Gasteiger partial charge in [-0.15, -0.1) is 0 Å². The quantitative estimate of drug-likeness (QED) is 0.551. The van der Waals surface area contributed by atoms with Crippen molar-refractivity contribution in [1.82, 2.24) is 4.72 Å². The normalized spacial score (nSPS) is 17.9. The predicted molar refractivity (Wildman–Crippen MR) is 115 cm³/mol. The molecular weight excluding hydrogens is 424 g/mol. The molecule has 1 unspecified atom stereocenters. The van der Waals surface area contributed by atoms with Crippen LogP contribution >= 0.6 is 11.6 Å². The van der Waals surface area contributed by atoms with Gasteiger partial charge in [0, 0.05) is 17.1 Å². The zero-order chi connectivity index (χ0) is 21.5. The summed E-state index contributed by atoms with van der Waals surface area (Å²) in [5.74, 6) is -1.05. The topological polar surface area (TPSA) is 95.5 Å². The molecule has 0 fully saturated rings. The van der Waals surface area contributed by atoms with Crippen molar-refractivity contribution in [3.8, 4) is 0 Å². The van der Waals surface area contributed by atoms with E-state index in [1.807, 2.05) is 6.92 Å². The first-order valence-corrected chi connectivity index (χ1v) is 11.1. The van der Waals surface area contributed by atoms with Crippen LogP contribution in [0.25, 0.3) is 0 Å². The van der Waals surface area contributed by atoms with E-state index in [0.29, 0.717) is 17.0 Å². The van der Waals surface area contributed by atoms with Crippen molar-refractivity contribution < 1.29 is 18.3 Å². The van der Waals surface area contributed by atoms with Crippen molar-refractivity contribution in [1.29, 1.82) is 0 Å². The average Bonchev–Trinajstić information content (AvgIpc) is 3.06.